The maximum Gasteiger partial charge on any atom is 0.109 e. The van der Waals surface area contributed by atoms with E-state index in [1.807, 2.05) is 0 Å². The molecule has 2 aliphatic rings. The smallest absolute Gasteiger partial charge is 0.109 e. The second-order valence-corrected chi connectivity index (χ2v) is 7.00. The molecule has 21 heavy (non-hydrogen) atoms. The highest BCUT2D eigenvalue weighted by Crippen LogP contribution is 2.19. The van der Waals surface area contributed by atoms with Crippen molar-refractivity contribution >= 4 is 0 Å². The van der Waals surface area contributed by atoms with Gasteiger partial charge in [0.25, 0.3) is 0 Å². The second-order valence-electron chi connectivity index (χ2n) is 7.00. The predicted octanol–water partition coefficient (Wildman–Crippen LogP) is 2.21. The third-order valence-electron chi connectivity index (χ3n) is 4.74. The molecule has 1 aromatic rings. The number of nitrogens with zero attached hydrogens (tertiary/aromatic N) is 3. The zero-order chi connectivity index (χ0) is 14.7. The van der Waals surface area contributed by atoms with Crippen molar-refractivity contribution in [3.05, 3.63) is 17.2 Å². The Morgan fingerprint density at radius 3 is 2.71 bits per heavy atom. The van der Waals surface area contributed by atoms with Crippen LogP contribution in [-0.2, 0) is 25.9 Å². The molecule has 0 spiro atoms. The first-order valence-corrected chi connectivity index (χ1v) is 8.74. The predicted molar refractivity (Wildman–Crippen MR) is 86.5 cm³/mol. The second kappa shape index (κ2) is 6.93. The van der Waals surface area contributed by atoms with Gasteiger partial charge in [-0.1, -0.05) is 20.3 Å². The molecule has 1 saturated heterocycles. The summed E-state index contributed by atoms with van der Waals surface area (Å²) in [6.45, 7) is 11.5. The van der Waals surface area contributed by atoms with Crippen LogP contribution in [-0.4, -0.2) is 40.6 Å². The third kappa shape index (κ3) is 3.67. The van der Waals surface area contributed by atoms with E-state index in [2.05, 4.69) is 28.6 Å². The van der Waals surface area contributed by atoms with E-state index in [0.717, 1.165) is 32.5 Å². The minimum absolute atomic E-state index is 0.676. The van der Waals surface area contributed by atoms with Crippen LogP contribution in [0.3, 0.4) is 0 Å². The van der Waals surface area contributed by atoms with Crippen molar-refractivity contribution in [2.75, 3.05) is 26.2 Å². The van der Waals surface area contributed by atoms with Gasteiger partial charge in [0.05, 0.1) is 5.69 Å². The van der Waals surface area contributed by atoms with Crippen LogP contribution >= 0.6 is 0 Å². The van der Waals surface area contributed by atoms with Gasteiger partial charge in [-0.15, -0.1) is 0 Å². The maximum absolute atomic E-state index is 4.94. The molecular formula is C17H30N4. The number of fused-ring (bicyclic) bond motifs is 1. The first-order valence-electron chi connectivity index (χ1n) is 8.74. The molecule has 0 unspecified atom stereocenters. The fourth-order valence-corrected chi connectivity index (χ4v) is 3.64. The topological polar surface area (TPSA) is 33.1 Å². The number of hydrogen-bond acceptors (Lipinski definition) is 3. The van der Waals surface area contributed by atoms with Crippen molar-refractivity contribution in [1.29, 1.82) is 0 Å². The lowest BCUT2D eigenvalue weighted by atomic mass is 10.1. The minimum Gasteiger partial charge on any atom is -0.330 e. The summed E-state index contributed by atoms with van der Waals surface area (Å²) in [4.78, 5) is 7.57. The number of rotatable bonds is 5. The SMILES string of the molecule is CC(C)Cc1nc2c(n1CCN1CCCCC1)CCNC2. The van der Waals surface area contributed by atoms with Crippen molar-refractivity contribution < 1.29 is 0 Å². The van der Waals surface area contributed by atoms with E-state index in [9.17, 15) is 0 Å². The number of hydrogen-bond donors (Lipinski definition) is 1. The van der Waals surface area contributed by atoms with Gasteiger partial charge in [-0.2, -0.15) is 0 Å². The fourth-order valence-electron chi connectivity index (χ4n) is 3.64. The lowest BCUT2D eigenvalue weighted by Gasteiger charge is -2.27. The summed E-state index contributed by atoms with van der Waals surface area (Å²) in [7, 11) is 0. The number of imidazole rings is 1. The van der Waals surface area contributed by atoms with Gasteiger partial charge in [0.1, 0.15) is 5.82 Å². The molecule has 2 aliphatic heterocycles. The average Bonchev–Trinajstić information content (AvgIpc) is 2.82. The Hall–Kier alpha value is -0.870. The average molecular weight is 290 g/mol. The Labute approximate surface area is 128 Å². The van der Waals surface area contributed by atoms with E-state index in [-0.39, 0.29) is 0 Å². The first kappa shape index (κ1) is 15.0. The first-order chi connectivity index (χ1) is 10.2. The highest BCUT2D eigenvalue weighted by Gasteiger charge is 2.20. The van der Waals surface area contributed by atoms with Gasteiger partial charge in [0.15, 0.2) is 0 Å². The highest BCUT2D eigenvalue weighted by atomic mass is 15.2. The molecule has 4 nitrogen and oxygen atoms in total. The van der Waals surface area contributed by atoms with Crippen molar-refractivity contribution in [2.45, 2.75) is 59.0 Å². The van der Waals surface area contributed by atoms with E-state index in [1.165, 1.54) is 56.1 Å². The zero-order valence-corrected chi connectivity index (χ0v) is 13.7. The van der Waals surface area contributed by atoms with Crippen molar-refractivity contribution in [1.82, 2.24) is 19.8 Å². The van der Waals surface area contributed by atoms with Crippen LogP contribution in [0.25, 0.3) is 0 Å². The Kier molecular flexibility index (Phi) is 4.96. The molecule has 0 aromatic carbocycles. The van der Waals surface area contributed by atoms with Gasteiger partial charge in [0.2, 0.25) is 0 Å². The standard InChI is InChI=1S/C17H30N4/c1-14(2)12-17-19-15-13-18-7-6-16(15)21(17)11-10-20-8-4-3-5-9-20/h14,18H,3-13H2,1-2H3. The number of aromatic nitrogens is 2. The number of piperidine rings is 1. The lowest BCUT2D eigenvalue weighted by Crippen LogP contribution is -2.33. The summed E-state index contributed by atoms with van der Waals surface area (Å²) in [6.07, 6.45) is 6.42. The third-order valence-corrected chi connectivity index (χ3v) is 4.74. The normalized spacial score (nSPS) is 20.0. The molecule has 1 N–H and O–H groups in total. The van der Waals surface area contributed by atoms with Crippen LogP contribution < -0.4 is 5.32 Å². The van der Waals surface area contributed by atoms with Crippen molar-refractivity contribution in [3.63, 3.8) is 0 Å². The number of likely N-dealkylation sites (tertiary alicyclic amines) is 1. The lowest BCUT2D eigenvalue weighted by molar-refractivity contribution is 0.219. The summed E-state index contributed by atoms with van der Waals surface area (Å²) < 4.78 is 2.55. The quantitative estimate of drug-likeness (QED) is 0.902. The van der Waals surface area contributed by atoms with Gasteiger partial charge >= 0.3 is 0 Å². The summed E-state index contributed by atoms with van der Waals surface area (Å²) in [5.41, 5.74) is 2.80. The summed E-state index contributed by atoms with van der Waals surface area (Å²) in [6, 6.07) is 0. The Morgan fingerprint density at radius 2 is 1.95 bits per heavy atom. The maximum atomic E-state index is 4.94. The highest BCUT2D eigenvalue weighted by molar-refractivity contribution is 5.20. The Balaban J connectivity index is 1.72. The fraction of sp³-hybridized carbons (Fsp3) is 0.824. The Bertz CT molecular complexity index is 458. The molecule has 3 rings (SSSR count). The minimum atomic E-state index is 0.676. The summed E-state index contributed by atoms with van der Waals surface area (Å²) in [5, 5.41) is 3.45. The largest absolute Gasteiger partial charge is 0.330 e. The molecule has 0 aliphatic carbocycles. The Morgan fingerprint density at radius 1 is 1.14 bits per heavy atom. The van der Waals surface area contributed by atoms with Crippen LogP contribution in [0.5, 0.6) is 0 Å². The molecular weight excluding hydrogens is 260 g/mol. The van der Waals surface area contributed by atoms with Crippen LogP contribution in [0.2, 0.25) is 0 Å². The molecule has 3 heterocycles. The summed E-state index contributed by atoms with van der Waals surface area (Å²) >= 11 is 0. The molecule has 118 valence electrons. The van der Waals surface area contributed by atoms with E-state index < -0.39 is 0 Å². The molecule has 0 saturated carbocycles. The van der Waals surface area contributed by atoms with E-state index in [0.29, 0.717) is 5.92 Å². The number of nitrogens with one attached hydrogen (secondary N) is 1. The molecule has 0 amide bonds. The molecule has 0 atom stereocenters. The van der Waals surface area contributed by atoms with Gasteiger partial charge in [-0.25, -0.2) is 4.98 Å². The van der Waals surface area contributed by atoms with Gasteiger partial charge < -0.3 is 14.8 Å². The van der Waals surface area contributed by atoms with Crippen LogP contribution in [0.15, 0.2) is 0 Å². The van der Waals surface area contributed by atoms with Crippen molar-refractivity contribution in [3.8, 4) is 0 Å². The van der Waals surface area contributed by atoms with Gasteiger partial charge in [-0.05, 0) is 31.8 Å². The molecule has 4 heteroatoms. The van der Waals surface area contributed by atoms with E-state index in [1.54, 1.807) is 0 Å². The van der Waals surface area contributed by atoms with Crippen LogP contribution in [0.4, 0.5) is 0 Å². The van der Waals surface area contributed by atoms with Gasteiger partial charge in [0, 0.05) is 44.7 Å². The van der Waals surface area contributed by atoms with Crippen LogP contribution in [0.1, 0.15) is 50.3 Å². The summed E-state index contributed by atoms with van der Waals surface area (Å²) in [5.74, 6) is 1.99. The monoisotopic (exact) mass is 290 g/mol. The molecule has 1 fully saturated rings. The van der Waals surface area contributed by atoms with Crippen molar-refractivity contribution in [2.24, 2.45) is 5.92 Å². The molecule has 0 radical (unpaired) electrons. The zero-order valence-electron chi connectivity index (χ0n) is 13.7. The van der Waals surface area contributed by atoms with Gasteiger partial charge in [-0.3, -0.25) is 0 Å². The van der Waals surface area contributed by atoms with Crippen LogP contribution in [0, 0.1) is 5.92 Å². The van der Waals surface area contributed by atoms with E-state index >= 15 is 0 Å². The molecule has 0 bridgehead atoms. The molecule has 1 aromatic heterocycles. The van der Waals surface area contributed by atoms with E-state index in [4.69, 9.17) is 4.98 Å².